The van der Waals surface area contributed by atoms with Crippen molar-refractivity contribution in [2.24, 2.45) is 0 Å². The quantitative estimate of drug-likeness (QED) is 0.450. The van der Waals surface area contributed by atoms with Gasteiger partial charge in [0.1, 0.15) is 0 Å². The van der Waals surface area contributed by atoms with Crippen molar-refractivity contribution < 1.29 is 9.42 Å². The Labute approximate surface area is 43.7 Å². The second kappa shape index (κ2) is 2.58. The molecule has 3 nitrogen and oxygen atoms in total. The van der Waals surface area contributed by atoms with E-state index in [-0.39, 0.29) is 0 Å². The molecular weight excluding hydrogens is 113 g/mol. The van der Waals surface area contributed by atoms with Crippen LogP contribution >= 0.6 is 8.53 Å². The molecule has 0 bridgehead atoms. The van der Waals surface area contributed by atoms with Crippen LogP contribution in [0.25, 0.3) is 0 Å². The van der Waals surface area contributed by atoms with Crippen molar-refractivity contribution in [3.05, 3.63) is 0 Å². The van der Waals surface area contributed by atoms with Gasteiger partial charge in [0.15, 0.2) is 0 Å². The Morgan fingerprint density at radius 3 is 2.86 bits per heavy atom. The first-order chi connectivity index (χ1) is 3.39. The molecule has 0 aromatic heterocycles. The van der Waals surface area contributed by atoms with Gasteiger partial charge in [-0.15, -0.1) is 0 Å². The van der Waals surface area contributed by atoms with Gasteiger partial charge in [-0.05, 0) is 6.42 Å². The fourth-order valence-electron chi connectivity index (χ4n) is 0.444. The Kier molecular flexibility index (Phi) is 2.00. The molecule has 1 atom stereocenters. The maximum Gasteiger partial charge on any atom is 0.253 e. The Hall–Kier alpha value is 0.310. The zero-order valence-corrected chi connectivity index (χ0v) is 4.82. The van der Waals surface area contributed by atoms with Gasteiger partial charge >= 0.3 is 0 Å². The zero-order valence-electron chi connectivity index (χ0n) is 3.92. The smallest absolute Gasteiger partial charge is 0.253 e. The molecule has 1 fully saturated rings. The van der Waals surface area contributed by atoms with Gasteiger partial charge in [0, 0.05) is 6.54 Å². The molecule has 1 aliphatic rings. The molecule has 0 radical (unpaired) electrons. The Morgan fingerprint density at radius 2 is 2.57 bits per heavy atom. The van der Waals surface area contributed by atoms with Crippen molar-refractivity contribution in [3.63, 3.8) is 0 Å². The van der Waals surface area contributed by atoms with E-state index in [2.05, 4.69) is 5.09 Å². The fourth-order valence-corrected chi connectivity index (χ4v) is 1.19. The van der Waals surface area contributed by atoms with E-state index < -0.39 is 8.53 Å². The lowest BCUT2D eigenvalue weighted by Crippen LogP contribution is -2.17. The van der Waals surface area contributed by atoms with E-state index in [1.54, 1.807) is 0 Å². The summed E-state index contributed by atoms with van der Waals surface area (Å²) in [6.07, 6.45) is 1.01. The largest absolute Gasteiger partial charge is 0.338 e. The molecule has 1 aliphatic heterocycles. The highest BCUT2D eigenvalue weighted by atomic mass is 31.2. The minimum Gasteiger partial charge on any atom is -0.338 e. The normalized spacial score (nSPS) is 33.0. The summed E-state index contributed by atoms with van der Waals surface area (Å²) in [6, 6.07) is 0. The lowest BCUT2D eigenvalue weighted by molar-refractivity contribution is 0.274. The topological polar surface area (TPSA) is 41.5 Å². The Balaban J connectivity index is 2.12. The van der Waals surface area contributed by atoms with E-state index in [0.717, 1.165) is 13.0 Å². The zero-order chi connectivity index (χ0) is 5.11. The Morgan fingerprint density at radius 1 is 1.71 bits per heavy atom. The average Bonchev–Trinajstić information content (AvgIpc) is 1.69. The third-order valence-corrected chi connectivity index (χ3v) is 1.70. The summed E-state index contributed by atoms with van der Waals surface area (Å²) in [4.78, 5) is 8.64. The van der Waals surface area contributed by atoms with Crippen molar-refractivity contribution in [1.29, 1.82) is 0 Å². The van der Waals surface area contributed by atoms with Crippen molar-refractivity contribution in [2.75, 3.05) is 13.2 Å². The molecule has 0 aliphatic carbocycles. The van der Waals surface area contributed by atoms with Gasteiger partial charge in [-0.25, -0.2) is 0 Å². The molecule has 7 heavy (non-hydrogen) atoms. The lowest BCUT2D eigenvalue weighted by Gasteiger charge is -2.16. The van der Waals surface area contributed by atoms with Crippen LogP contribution in [0.3, 0.4) is 0 Å². The third-order valence-electron chi connectivity index (χ3n) is 0.782. The minimum atomic E-state index is -1.24. The molecule has 0 aromatic carbocycles. The van der Waals surface area contributed by atoms with Crippen LogP contribution < -0.4 is 5.09 Å². The summed E-state index contributed by atoms with van der Waals surface area (Å²) >= 11 is 0. The highest BCUT2D eigenvalue weighted by Gasteiger charge is 2.07. The van der Waals surface area contributed by atoms with Gasteiger partial charge < -0.3 is 9.42 Å². The third kappa shape index (κ3) is 1.70. The summed E-state index contributed by atoms with van der Waals surface area (Å²) in [5, 5.41) is 2.78. The predicted molar refractivity (Wildman–Crippen MR) is 27.7 cm³/mol. The van der Waals surface area contributed by atoms with E-state index in [0.29, 0.717) is 6.61 Å². The number of hydrogen-bond acceptors (Lipinski definition) is 3. The Bertz CT molecular complexity index is 54.9. The first-order valence-corrected chi connectivity index (χ1v) is 3.46. The van der Waals surface area contributed by atoms with Crippen LogP contribution in [0.5, 0.6) is 0 Å². The molecule has 0 aromatic rings. The van der Waals surface area contributed by atoms with Crippen LogP contribution in [0.1, 0.15) is 6.42 Å². The second-order valence-electron chi connectivity index (χ2n) is 1.37. The van der Waals surface area contributed by atoms with E-state index >= 15 is 0 Å². The van der Waals surface area contributed by atoms with E-state index in [1.165, 1.54) is 0 Å². The molecule has 4 heteroatoms. The van der Waals surface area contributed by atoms with E-state index in [9.17, 15) is 0 Å². The maximum atomic E-state index is 8.64. The average molecular weight is 121 g/mol. The molecular formula is C3H8NO2P. The summed E-state index contributed by atoms with van der Waals surface area (Å²) in [7, 11) is -1.24. The predicted octanol–water partition coefficient (Wildman–Crippen LogP) is 0.215. The minimum absolute atomic E-state index is 0.704. The van der Waals surface area contributed by atoms with Crippen LogP contribution in [-0.2, 0) is 4.52 Å². The number of nitrogens with one attached hydrogen (secondary N) is 1. The number of rotatable bonds is 0. The van der Waals surface area contributed by atoms with Crippen molar-refractivity contribution in [1.82, 2.24) is 5.09 Å². The van der Waals surface area contributed by atoms with Gasteiger partial charge in [0.25, 0.3) is 8.53 Å². The van der Waals surface area contributed by atoms with Gasteiger partial charge in [-0.2, -0.15) is 0 Å². The van der Waals surface area contributed by atoms with Gasteiger partial charge in [-0.1, -0.05) is 0 Å². The molecule has 42 valence electrons. The molecule has 2 N–H and O–H groups in total. The van der Waals surface area contributed by atoms with Gasteiger partial charge in [0.2, 0.25) is 0 Å². The molecule has 0 saturated carbocycles. The monoisotopic (exact) mass is 121 g/mol. The van der Waals surface area contributed by atoms with Crippen molar-refractivity contribution in [2.45, 2.75) is 6.42 Å². The second-order valence-corrected chi connectivity index (χ2v) is 2.49. The fraction of sp³-hybridized carbons (Fsp3) is 1.00. The van der Waals surface area contributed by atoms with E-state index in [4.69, 9.17) is 9.42 Å². The summed E-state index contributed by atoms with van der Waals surface area (Å²) in [5.41, 5.74) is 0. The molecule has 0 spiro atoms. The first-order valence-electron chi connectivity index (χ1n) is 2.25. The molecule has 1 unspecified atom stereocenters. The van der Waals surface area contributed by atoms with Crippen LogP contribution in [0, 0.1) is 0 Å². The highest BCUT2D eigenvalue weighted by Crippen LogP contribution is 2.27. The van der Waals surface area contributed by atoms with Crippen LogP contribution in [0.4, 0.5) is 0 Å². The summed E-state index contributed by atoms with van der Waals surface area (Å²) in [6.45, 7) is 1.59. The van der Waals surface area contributed by atoms with Crippen LogP contribution in [0.15, 0.2) is 0 Å². The van der Waals surface area contributed by atoms with Crippen molar-refractivity contribution >= 4 is 8.53 Å². The standard InChI is InChI=1S/C3H8NO2P/c5-7-4-2-1-3-6-7/h4-5H,1-3H2. The maximum absolute atomic E-state index is 8.64. The molecule has 1 saturated heterocycles. The first kappa shape index (κ1) is 5.45. The molecule has 0 amide bonds. The SMILES string of the molecule is OP1NCCCO1. The molecule has 1 rings (SSSR count). The lowest BCUT2D eigenvalue weighted by atomic mass is 10.5. The molecule has 1 heterocycles. The van der Waals surface area contributed by atoms with Gasteiger partial charge in [0.05, 0.1) is 6.61 Å². The van der Waals surface area contributed by atoms with E-state index in [1.807, 2.05) is 0 Å². The van der Waals surface area contributed by atoms with Crippen molar-refractivity contribution in [3.8, 4) is 0 Å². The van der Waals surface area contributed by atoms with Crippen LogP contribution in [0.2, 0.25) is 0 Å². The van der Waals surface area contributed by atoms with Crippen LogP contribution in [-0.4, -0.2) is 18.0 Å². The summed E-state index contributed by atoms with van der Waals surface area (Å²) in [5.74, 6) is 0. The highest BCUT2D eigenvalue weighted by molar-refractivity contribution is 7.43. The number of hydrogen-bond donors (Lipinski definition) is 2. The van der Waals surface area contributed by atoms with Gasteiger partial charge in [-0.3, -0.25) is 5.09 Å². The summed E-state index contributed by atoms with van der Waals surface area (Å²) < 4.78 is 4.79.